The van der Waals surface area contributed by atoms with E-state index in [4.69, 9.17) is 4.74 Å². The number of nitrogens with zero attached hydrogens (tertiary/aromatic N) is 1. The Morgan fingerprint density at radius 2 is 1.85 bits per heavy atom. The third kappa shape index (κ3) is 2.91. The summed E-state index contributed by atoms with van der Waals surface area (Å²) in [6, 6.07) is 19.2. The molecule has 0 saturated carbocycles. The first-order valence-corrected chi connectivity index (χ1v) is 8.22. The Morgan fingerprint density at radius 1 is 1.04 bits per heavy atom. The Balaban J connectivity index is 1.55. The fourth-order valence-electron chi connectivity index (χ4n) is 2.97. The molecule has 1 aromatic heterocycles. The second-order valence-corrected chi connectivity index (χ2v) is 5.88. The van der Waals surface area contributed by atoms with E-state index in [9.17, 15) is 4.79 Å². The number of carbonyl (C=O) groups excluding carboxylic acids is 1. The van der Waals surface area contributed by atoms with Crippen molar-refractivity contribution in [2.75, 3.05) is 7.11 Å². The summed E-state index contributed by atoms with van der Waals surface area (Å²) in [5.41, 5.74) is 5.05. The summed E-state index contributed by atoms with van der Waals surface area (Å²) in [4.78, 5) is 15.4. The fraction of sp³-hybridized carbons (Fsp3) is 0.0476. The predicted molar refractivity (Wildman–Crippen MR) is 104 cm³/mol. The van der Waals surface area contributed by atoms with Gasteiger partial charge in [-0.3, -0.25) is 4.79 Å². The van der Waals surface area contributed by atoms with Gasteiger partial charge >= 0.3 is 0 Å². The average molecular weight is 343 g/mol. The van der Waals surface area contributed by atoms with Crippen LogP contribution in [0.15, 0.2) is 72.0 Å². The number of fused-ring (bicyclic) bond motifs is 3. The average Bonchev–Trinajstić information content (AvgIpc) is 3.11. The van der Waals surface area contributed by atoms with Crippen LogP contribution >= 0.6 is 0 Å². The van der Waals surface area contributed by atoms with Crippen molar-refractivity contribution >= 4 is 33.8 Å². The standard InChI is InChI=1S/C21H17N3O2/c1-26-17-9-6-15(7-10-17)21(25)24-23-13-16-12-22-20-18-5-3-2-4-14(18)8-11-19(16)20/h2-13,22H,1H3,(H,24,25). The maximum absolute atomic E-state index is 12.1. The minimum absolute atomic E-state index is 0.269. The summed E-state index contributed by atoms with van der Waals surface area (Å²) in [5.74, 6) is 0.435. The second kappa shape index (κ2) is 6.72. The van der Waals surface area contributed by atoms with Gasteiger partial charge in [0, 0.05) is 28.1 Å². The first-order chi connectivity index (χ1) is 12.8. The zero-order valence-electron chi connectivity index (χ0n) is 14.2. The number of hydrogen-bond donors (Lipinski definition) is 2. The summed E-state index contributed by atoms with van der Waals surface area (Å²) >= 11 is 0. The van der Waals surface area contributed by atoms with Crippen LogP contribution in [-0.4, -0.2) is 24.2 Å². The Labute approximate surface area is 150 Å². The SMILES string of the molecule is COc1ccc(C(=O)NN=Cc2c[nH]c3c2ccc2ccccc23)cc1. The Kier molecular flexibility index (Phi) is 4.11. The molecule has 0 unspecified atom stereocenters. The highest BCUT2D eigenvalue weighted by atomic mass is 16.5. The number of aromatic amines is 1. The molecule has 0 saturated heterocycles. The van der Waals surface area contributed by atoms with Crippen LogP contribution in [-0.2, 0) is 0 Å². The molecule has 0 aliphatic carbocycles. The molecule has 0 aliphatic rings. The normalized spacial score (nSPS) is 11.3. The van der Waals surface area contributed by atoms with Crippen LogP contribution in [0.25, 0.3) is 21.7 Å². The number of methoxy groups -OCH3 is 1. The first-order valence-electron chi connectivity index (χ1n) is 8.22. The molecule has 128 valence electrons. The maximum atomic E-state index is 12.1. The van der Waals surface area contributed by atoms with Crippen LogP contribution in [0.4, 0.5) is 0 Å². The topological polar surface area (TPSA) is 66.5 Å². The number of nitrogens with one attached hydrogen (secondary N) is 2. The highest BCUT2D eigenvalue weighted by molar-refractivity contribution is 6.11. The van der Waals surface area contributed by atoms with Crippen molar-refractivity contribution in [1.82, 2.24) is 10.4 Å². The summed E-state index contributed by atoms with van der Waals surface area (Å²) in [5, 5.41) is 7.49. The van der Waals surface area contributed by atoms with E-state index in [0.29, 0.717) is 11.3 Å². The molecule has 5 heteroatoms. The van der Waals surface area contributed by atoms with Crippen molar-refractivity contribution in [1.29, 1.82) is 0 Å². The highest BCUT2D eigenvalue weighted by Gasteiger charge is 2.06. The van der Waals surface area contributed by atoms with Gasteiger partial charge in [0.1, 0.15) is 5.75 Å². The number of H-pyrrole nitrogens is 1. The number of amides is 1. The minimum atomic E-state index is -0.269. The van der Waals surface area contributed by atoms with Crippen LogP contribution < -0.4 is 10.2 Å². The molecule has 5 nitrogen and oxygen atoms in total. The summed E-state index contributed by atoms with van der Waals surface area (Å²) < 4.78 is 5.09. The van der Waals surface area contributed by atoms with E-state index in [2.05, 4.69) is 39.8 Å². The van der Waals surface area contributed by atoms with Crippen molar-refractivity contribution in [2.45, 2.75) is 0 Å². The van der Waals surface area contributed by atoms with Crippen LogP contribution in [0.1, 0.15) is 15.9 Å². The predicted octanol–water partition coefficient (Wildman–Crippen LogP) is 4.09. The van der Waals surface area contributed by atoms with Crippen molar-refractivity contribution in [3.8, 4) is 5.75 Å². The number of aromatic nitrogens is 1. The van der Waals surface area contributed by atoms with E-state index >= 15 is 0 Å². The van der Waals surface area contributed by atoms with Gasteiger partial charge in [0.05, 0.1) is 18.8 Å². The van der Waals surface area contributed by atoms with Crippen molar-refractivity contribution in [3.63, 3.8) is 0 Å². The minimum Gasteiger partial charge on any atom is -0.497 e. The summed E-state index contributed by atoms with van der Waals surface area (Å²) in [7, 11) is 1.59. The van der Waals surface area contributed by atoms with Crippen LogP contribution in [0.2, 0.25) is 0 Å². The molecule has 4 rings (SSSR count). The van der Waals surface area contributed by atoms with Crippen LogP contribution in [0, 0.1) is 0 Å². The number of ether oxygens (including phenoxy) is 1. The lowest BCUT2D eigenvalue weighted by Crippen LogP contribution is -2.17. The van der Waals surface area contributed by atoms with Crippen molar-refractivity contribution in [2.24, 2.45) is 5.10 Å². The van der Waals surface area contributed by atoms with Crippen molar-refractivity contribution < 1.29 is 9.53 Å². The number of carbonyl (C=O) groups is 1. The largest absolute Gasteiger partial charge is 0.497 e. The second-order valence-electron chi connectivity index (χ2n) is 5.88. The van der Waals surface area contributed by atoms with E-state index in [1.165, 1.54) is 5.39 Å². The van der Waals surface area contributed by atoms with Gasteiger partial charge in [0.2, 0.25) is 0 Å². The van der Waals surface area contributed by atoms with E-state index < -0.39 is 0 Å². The first kappa shape index (κ1) is 15.9. The molecule has 1 amide bonds. The zero-order chi connectivity index (χ0) is 17.9. The molecule has 0 spiro atoms. The third-order valence-corrected chi connectivity index (χ3v) is 4.33. The van der Waals surface area contributed by atoms with Crippen LogP contribution in [0.3, 0.4) is 0 Å². The Bertz CT molecular complexity index is 1110. The van der Waals surface area contributed by atoms with Crippen molar-refractivity contribution in [3.05, 3.63) is 78.0 Å². The summed E-state index contributed by atoms with van der Waals surface area (Å²) in [6.45, 7) is 0. The smallest absolute Gasteiger partial charge is 0.271 e. The molecule has 0 aliphatic heterocycles. The molecule has 0 radical (unpaired) electrons. The zero-order valence-corrected chi connectivity index (χ0v) is 14.2. The van der Waals surface area contributed by atoms with Gasteiger partial charge in [-0.15, -0.1) is 0 Å². The monoisotopic (exact) mass is 343 g/mol. The molecule has 0 atom stereocenters. The van der Waals surface area contributed by atoms with E-state index in [1.54, 1.807) is 37.6 Å². The molecule has 26 heavy (non-hydrogen) atoms. The lowest BCUT2D eigenvalue weighted by molar-refractivity contribution is 0.0955. The van der Waals surface area contributed by atoms with Gasteiger partial charge in [-0.1, -0.05) is 36.4 Å². The molecule has 4 aromatic rings. The molecule has 2 N–H and O–H groups in total. The van der Waals surface area contributed by atoms with E-state index in [0.717, 1.165) is 21.9 Å². The number of rotatable bonds is 4. The molecular formula is C21H17N3O2. The number of hydrogen-bond acceptors (Lipinski definition) is 3. The molecular weight excluding hydrogens is 326 g/mol. The van der Waals surface area contributed by atoms with Gasteiger partial charge in [-0.25, -0.2) is 5.43 Å². The molecule has 3 aromatic carbocycles. The van der Waals surface area contributed by atoms with Gasteiger partial charge in [-0.2, -0.15) is 5.10 Å². The lowest BCUT2D eigenvalue weighted by Gasteiger charge is -2.02. The van der Waals surface area contributed by atoms with Gasteiger partial charge in [0.25, 0.3) is 5.91 Å². The fourth-order valence-corrected chi connectivity index (χ4v) is 2.97. The number of hydrazone groups is 1. The lowest BCUT2D eigenvalue weighted by atomic mass is 10.1. The Morgan fingerprint density at radius 3 is 2.65 bits per heavy atom. The summed E-state index contributed by atoms with van der Waals surface area (Å²) in [6.07, 6.45) is 3.54. The van der Waals surface area contributed by atoms with E-state index in [-0.39, 0.29) is 5.91 Å². The maximum Gasteiger partial charge on any atom is 0.271 e. The quantitative estimate of drug-likeness (QED) is 0.433. The number of benzene rings is 3. The van der Waals surface area contributed by atoms with E-state index in [1.807, 2.05) is 18.3 Å². The molecule has 0 bridgehead atoms. The van der Waals surface area contributed by atoms with Crippen LogP contribution in [0.5, 0.6) is 5.75 Å². The third-order valence-electron chi connectivity index (χ3n) is 4.33. The molecule has 1 heterocycles. The Hall–Kier alpha value is -3.60. The van der Waals surface area contributed by atoms with Gasteiger partial charge in [-0.05, 0) is 29.7 Å². The highest BCUT2D eigenvalue weighted by Crippen LogP contribution is 2.26. The van der Waals surface area contributed by atoms with Gasteiger partial charge < -0.3 is 9.72 Å². The molecule has 0 fully saturated rings. The van der Waals surface area contributed by atoms with Gasteiger partial charge in [0.15, 0.2) is 0 Å².